The number of pyridine rings is 1. The number of nitrogens with zero attached hydrogens (tertiary/aromatic N) is 1. The summed E-state index contributed by atoms with van der Waals surface area (Å²) in [7, 11) is 1.64. The standard InChI is InChI=1S/C16H15N3O/c1-20-13-8-7-12-9-14(11-5-3-2-4-6-11)16(19-17)18-15(12)10-13/h2-10H,17H2,1H3,(H,18,19). The molecule has 0 saturated carbocycles. The second-order valence-corrected chi connectivity index (χ2v) is 4.45. The number of rotatable bonds is 3. The summed E-state index contributed by atoms with van der Waals surface area (Å²) >= 11 is 0. The summed E-state index contributed by atoms with van der Waals surface area (Å²) in [5.74, 6) is 7.03. The monoisotopic (exact) mass is 265 g/mol. The SMILES string of the molecule is COc1ccc2cc(-c3ccccc3)c(NN)nc2c1. The Hall–Kier alpha value is -2.59. The molecule has 0 spiro atoms. The molecule has 0 fully saturated rings. The van der Waals surface area contributed by atoms with Crippen molar-refractivity contribution >= 4 is 16.7 Å². The number of nitrogens with two attached hydrogens (primary N) is 1. The van der Waals surface area contributed by atoms with E-state index in [-0.39, 0.29) is 0 Å². The summed E-state index contributed by atoms with van der Waals surface area (Å²) in [5.41, 5.74) is 5.57. The van der Waals surface area contributed by atoms with Crippen molar-refractivity contribution in [2.45, 2.75) is 0 Å². The Morgan fingerprint density at radius 3 is 2.55 bits per heavy atom. The molecule has 0 aliphatic rings. The zero-order chi connectivity index (χ0) is 13.9. The van der Waals surface area contributed by atoms with Crippen molar-refractivity contribution in [2.24, 2.45) is 5.84 Å². The number of hydrogen-bond donors (Lipinski definition) is 2. The number of nitrogens with one attached hydrogen (secondary N) is 1. The fourth-order valence-corrected chi connectivity index (χ4v) is 2.22. The van der Waals surface area contributed by atoms with Crippen LogP contribution in [0.2, 0.25) is 0 Å². The molecule has 100 valence electrons. The van der Waals surface area contributed by atoms with Gasteiger partial charge in [0.15, 0.2) is 0 Å². The zero-order valence-electron chi connectivity index (χ0n) is 11.1. The van der Waals surface area contributed by atoms with Gasteiger partial charge in [0, 0.05) is 17.0 Å². The Morgan fingerprint density at radius 2 is 1.85 bits per heavy atom. The maximum Gasteiger partial charge on any atom is 0.148 e. The second kappa shape index (κ2) is 5.19. The zero-order valence-corrected chi connectivity index (χ0v) is 11.1. The Labute approximate surface area is 117 Å². The molecular formula is C16H15N3O. The van der Waals surface area contributed by atoms with E-state index < -0.39 is 0 Å². The van der Waals surface area contributed by atoms with Gasteiger partial charge in [-0.3, -0.25) is 0 Å². The van der Waals surface area contributed by atoms with Crippen LogP contribution in [0.1, 0.15) is 0 Å². The average Bonchev–Trinajstić information content (AvgIpc) is 2.53. The molecule has 1 aromatic heterocycles. The molecule has 0 unspecified atom stereocenters. The topological polar surface area (TPSA) is 60.2 Å². The summed E-state index contributed by atoms with van der Waals surface area (Å²) < 4.78 is 5.22. The lowest BCUT2D eigenvalue weighted by molar-refractivity contribution is 0.415. The number of anilines is 1. The average molecular weight is 265 g/mol. The third-order valence-corrected chi connectivity index (χ3v) is 3.25. The first-order valence-electron chi connectivity index (χ1n) is 6.32. The first-order valence-corrected chi connectivity index (χ1v) is 6.32. The van der Waals surface area contributed by atoms with Crippen LogP contribution in [0, 0.1) is 0 Å². The van der Waals surface area contributed by atoms with Crippen LogP contribution in [0.25, 0.3) is 22.0 Å². The maximum absolute atomic E-state index is 5.61. The van der Waals surface area contributed by atoms with Gasteiger partial charge in [0.25, 0.3) is 0 Å². The fraction of sp³-hybridized carbons (Fsp3) is 0.0625. The predicted molar refractivity (Wildman–Crippen MR) is 81.5 cm³/mol. The number of aromatic nitrogens is 1. The smallest absolute Gasteiger partial charge is 0.148 e. The molecule has 3 N–H and O–H groups in total. The van der Waals surface area contributed by atoms with Crippen molar-refractivity contribution < 1.29 is 4.74 Å². The molecule has 3 rings (SSSR count). The summed E-state index contributed by atoms with van der Waals surface area (Å²) in [6.45, 7) is 0. The molecule has 1 heterocycles. The van der Waals surface area contributed by atoms with Crippen LogP contribution in [0.4, 0.5) is 5.82 Å². The highest BCUT2D eigenvalue weighted by molar-refractivity contribution is 5.90. The van der Waals surface area contributed by atoms with Crippen LogP contribution in [0.3, 0.4) is 0 Å². The molecule has 0 atom stereocenters. The van der Waals surface area contributed by atoms with Gasteiger partial charge in [-0.15, -0.1) is 0 Å². The summed E-state index contributed by atoms with van der Waals surface area (Å²) in [6.07, 6.45) is 0. The predicted octanol–water partition coefficient (Wildman–Crippen LogP) is 3.20. The van der Waals surface area contributed by atoms with E-state index in [1.165, 1.54) is 0 Å². The largest absolute Gasteiger partial charge is 0.497 e. The molecule has 0 amide bonds. The normalized spacial score (nSPS) is 10.5. The molecule has 3 aromatic rings. The van der Waals surface area contributed by atoms with Gasteiger partial charge in [0.05, 0.1) is 12.6 Å². The van der Waals surface area contributed by atoms with Crippen molar-refractivity contribution in [2.75, 3.05) is 12.5 Å². The van der Waals surface area contributed by atoms with Crippen molar-refractivity contribution in [3.8, 4) is 16.9 Å². The van der Waals surface area contributed by atoms with Gasteiger partial charge in [0.2, 0.25) is 0 Å². The van der Waals surface area contributed by atoms with Crippen molar-refractivity contribution in [1.82, 2.24) is 4.98 Å². The van der Waals surface area contributed by atoms with Gasteiger partial charge in [0.1, 0.15) is 11.6 Å². The molecule has 0 radical (unpaired) electrons. The second-order valence-electron chi connectivity index (χ2n) is 4.45. The van der Waals surface area contributed by atoms with Crippen LogP contribution in [0.5, 0.6) is 5.75 Å². The molecule has 4 nitrogen and oxygen atoms in total. The minimum Gasteiger partial charge on any atom is -0.497 e. The molecule has 2 aromatic carbocycles. The third kappa shape index (κ3) is 2.17. The van der Waals surface area contributed by atoms with Gasteiger partial charge < -0.3 is 10.2 Å². The Morgan fingerprint density at radius 1 is 1.05 bits per heavy atom. The first-order chi connectivity index (χ1) is 9.81. The highest BCUT2D eigenvalue weighted by Crippen LogP contribution is 2.30. The van der Waals surface area contributed by atoms with E-state index in [1.807, 2.05) is 48.5 Å². The number of hydrazine groups is 1. The molecule has 4 heteroatoms. The minimum atomic E-state index is 0.650. The molecule has 0 aliphatic heterocycles. The fourth-order valence-electron chi connectivity index (χ4n) is 2.22. The highest BCUT2D eigenvalue weighted by Gasteiger charge is 2.08. The minimum absolute atomic E-state index is 0.650. The van der Waals surface area contributed by atoms with Gasteiger partial charge >= 0.3 is 0 Å². The first kappa shape index (κ1) is 12.4. The van der Waals surface area contributed by atoms with E-state index in [0.717, 1.165) is 27.8 Å². The number of fused-ring (bicyclic) bond motifs is 1. The van der Waals surface area contributed by atoms with Gasteiger partial charge in [-0.05, 0) is 23.8 Å². The van der Waals surface area contributed by atoms with Crippen LogP contribution >= 0.6 is 0 Å². The lowest BCUT2D eigenvalue weighted by atomic mass is 10.0. The maximum atomic E-state index is 5.61. The molecular weight excluding hydrogens is 250 g/mol. The van der Waals surface area contributed by atoms with Crippen molar-refractivity contribution in [1.29, 1.82) is 0 Å². The van der Waals surface area contributed by atoms with Crippen LogP contribution in [-0.2, 0) is 0 Å². The highest BCUT2D eigenvalue weighted by atomic mass is 16.5. The van der Waals surface area contributed by atoms with E-state index in [0.29, 0.717) is 5.82 Å². The van der Waals surface area contributed by atoms with Gasteiger partial charge in [-0.1, -0.05) is 30.3 Å². The summed E-state index contributed by atoms with van der Waals surface area (Å²) in [6, 6.07) is 17.9. The molecule has 20 heavy (non-hydrogen) atoms. The van der Waals surface area contributed by atoms with E-state index in [4.69, 9.17) is 10.6 Å². The van der Waals surface area contributed by atoms with Crippen LogP contribution in [-0.4, -0.2) is 12.1 Å². The third-order valence-electron chi connectivity index (χ3n) is 3.25. The lowest BCUT2D eigenvalue weighted by Gasteiger charge is -2.11. The Bertz CT molecular complexity index is 741. The van der Waals surface area contributed by atoms with E-state index >= 15 is 0 Å². The van der Waals surface area contributed by atoms with Crippen LogP contribution < -0.4 is 16.0 Å². The number of benzene rings is 2. The lowest BCUT2D eigenvalue weighted by Crippen LogP contribution is -2.10. The number of nitrogen functional groups attached to an aromatic ring is 1. The van der Waals surface area contributed by atoms with E-state index in [2.05, 4.69) is 16.5 Å². The van der Waals surface area contributed by atoms with Crippen molar-refractivity contribution in [3.63, 3.8) is 0 Å². The summed E-state index contributed by atoms with van der Waals surface area (Å²) in [5, 5.41) is 1.05. The number of methoxy groups -OCH3 is 1. The van der Waals surface area contributed by atoms with E-state index in [9.17, 15) is 0 Å². The molecule has 0 aliphatic carbocycles. The van der Waals surface area contributed by atoms with Crippen molar-refractivity contribution in [3.05, 3.63) is 54.6 Å². The quantitative estimate of drug-likeness (QED) is 0.564. The van der Waals surface area contributed by atoms with Gasteiger partial charge in [-0.25, -0.2) is 10.8 Å². The van der Waals surface area contributed by atoms with E-state index in [1.54, 1.807) is 7.11 Å². The Balaban J connectivity index is 2.22. The number of ether oxygens (including phenoxy) is 1. The van der Waals surface area contributed by atoms with Gasteiger partial charge in [-0.2, -0.15) is 0 Å². The molecule has 0 bridgehead atoms. The summed E-state index contributed by atoms with van der Waals surface area (Å²) in [4.78, 5) is 4.56. The number of hydrogen-bond acceptors (Lipinski definition) is 4. The molecule has 0 saturated heterocycles. The van der Waals surface area contributed by atoms with Crippen LogP contribution in [0.15, 0.2) is 54.6 Å². The Kier molecular flexibility index (Phi) is 3.23.